The topological polar surface area (TPSA) is 50.8 Å². The summed E-state index contributed by atoms with van der Waals surface area (Å²) >= 11 is 0. The van der Waals surface area contributed by atoms with E-state index in [9.17, 15) is 4.79 Å². The molecule has 5 nitrogen and oxygen atoms in total. The van der Waals surface area contributed by atoms with Crippen molar-refractivity contribution >= 4 is 24.2 Å². The number of hydrogen-bond donors (Lipinski definition) is 1. The molecule has 0 bridgehead atoms. The van der Waals surface area contributed by atoms with Crippen molar-refractivity contribution in [3.05, 3.63) is 24.3 Å². The minimum Gasteiger partial charge on any atom is -0.494 e. The maximum atomic E-state index is 12.3. The molecule has 6 heteroatoms. The van der Waals surface area contributed by atoms with Gasteiger partial charge in [0.25, 0.3) is 0 Å². The number of amides is 1. The highest BCUT2D eigenvalue weighted by molar-refractivity contribution is 5.85. The first-order valence-electron chi connectivity index (χ1n) is 10.1. The Hall–Kier alpha value is -1.46. The van der Waals surface area contributed by atoms with Crippen molar-refractivity contribution in [3.8, 4) is 5.75 Å². The van der Waals surface area contributed by atoms with Crippen molar-refractivity contribution in [2.75, 3.05) is 25.0 Å². The monoisotopic (exact) mass is 398 g/mol. The Kier molecular flexibility index (Phi) is 11.2. The number of nitrogens with one attached hydrogen (secondary N) is 1. The zero-order chi connectivity index (χ0) is 18.8. The second kappa shape index (κ2) is 12.8. The van der Waals surface area contributed by atoms with Crippen LogP contribution in [0.15, 0.2) is 24.3 Å². The molecule has 2 rings (SSSR count). The number of unbranched alkanes of at least 4 members (excludes halogenated alkanes) is 1. The Morgan fingerprint density at radius 1 is 1.11 bits per heavy atom. The Balaban J connectivity index is 0.00000364. The molecule has 154 valence electrons. The summed E-state index contributed by atoms with van der Waals surface area (Å²) in [4.78, 5) is 14.7. The molecule has 0 unspecified atom stereocenters. The van der Waals surface area contributed by atoms with E-state index in [2.05, 4.69) is 31.0 Å². The first-order valence-corrected chi connectivity index (χ1v) is 10.1. The van der Waals surface area contributed by atoms with E-state index in [4.69, 9.17) is 9.47 Å². The molecular formula is C21H35ClN2O3. The van der Waals surface area contributed by atoms with Gasteiger partial charge in [0.15, 0.2) is 0 Å². The van der Waals surface area contributed by atoms with E-state index in [0.29, 0.717) is 6.04 Å². The van der Waals surface area contributed by atoms with Crippen LogP contribution in [0.2, 0.25) is 0 Å². The van der Waals surface area contributed by atoms with Gasteiger partial charge >= 0.3 is 6.09 Å². The van der Waals surface area contributed by atoms with Crippen LogP contribution in [0.1, 0.15) is 59.3 Å². The van der Waals surface area contributed by atoms with Crippen LogP contribution < -0.4 is 10.1 Å². The molecule has 1 aromatic rings. The standard InChI is InChI=1S/C21H34N2O3.ClH/c1-4-7-16-25-18-14-12-17(13-15-18)22-21(24)26-20-11-9-8-10-19(20)23(5-2)6-3;/h12-15,19-20H,4-11,16H2,1-3H3,(H,22,24);1H/t19-,20-;/m1./s1. The third-order valence-corrected chi connectivity index (χ3v) is 5.07. The molecule has 0 saturated heterocycles. The van der Waals surface area contributed by atoms with Crippen molar-refractivity contribution in [1.29, 1.82) is 0 Å². The van der Waals surface area contributed by atoms with Gasteiger partial charge in [-0.1, -0.05) is 33.6 Å². The number of carbonyl (C=O) groups is 1. The molecule has 1 N–H and O–H groups in total. The molecule has 1 amide bonds. The van der Waals surface area contributed by atoms with E-state index in [-0.39, 0.29) is 24.6 Å². The maximum absolute atomic E-state index is 12.3. The Labute approximate surface area is 170 Å². The van der Waals surface area contributed by atoms with E-state index in [1.54, 1.807) is 0 Å². The normalized spacial score (nSPS) is 19.3. The minimum absolute atomic E-state index is 0. The lowest BCUT2D eigenvalue weighted by atomic mass is 9.91. The zero-order valence-electron chi connectivity index (χ0n) is 16.9. The van der Waals surface area contributed by atoms with Gasteiger partial charge in [-0.15, -0.1) is 12.4 Å². The molecule has 1 aliphatic carbocycles. The van der Waals surface area contributed by atoms with Gasteiger partial charge in [-0.25, -0.2) is 4.79 Å². The molecule has 1 aromatic carbocycles. The number of carbonyl (C=O) groups excluding carboxylic acids is 1. The highest BCUT2D eigenvalue weighted by atomic mass is 35.5. The molecule has 1 saturated carbocycles. The van der Waals surface area contributed by atoms with Crippen molar-refractivity contribution in [1.82, 2.24) is 4.90 Å². The maximum Gasteiger partial charge on any atom is 0.411 e. The number of hydrogen-bond acceptors (Lipinski definition) is 4. The second-order valence-electron chi connectivity index (χ2n) is 6.87. The molecule has 0 radical (unpaired) electrons. The largest absolute Gasteiger partial charge is 0.494 e. The van der Waals surface area contributed by atoms with Crippen LogP contribution in [-0.2, 0) is 4.74 Å². The number of likely N-dealkylation sites (N-methyl/N-ethyl adjacent to an activating group) is 1. The minimum atomic E-state index is -0.367. The predicted molar refractivity (Wildman–Crippen MR) is 113 cm³/mol. The van der Waals surface area contributed by atoms with Gasteiger partial charge in [0.1, 0.15) is 11.9 Å². The highest BCUT2D eigenvalue weighted by Crippen LogP contribution is 2.26. The van der Waals surface area contributed by atoms with Gasteiger partial charge in [0, 0.05) is 11.7 Å². The Bertz CT molecular complexity index is 535. The summed E-state index contributed by atoms with van der Waals surface area (Å²) in [7, 11) is 0. The Morgan fingerprint density at radius 3 is 2.41 bits per heavy atom. The summed E-state index contributed by atoms with van der Waals surface area (Å²) < 4.78 is 11.4. The third-order valence-electron chi connectivity index (χ3n) is 5.07. The van der Waals surface area contributed by atoms with Gasteiger partial charge in [0.2, 0.25) is 0 Å². The molecule has 1 fully saturated rings. The molecule has 0 aliphatic heterocycles. The third kappa shape index (κ3) is 7.59. The summed E-state index contributed by atoms with van der Waals surface area (Å²) in [5, 5.41) is 2.84. The highest BCUT2D eigenvalue weighted by Gasteiger charge is 2.31. The van der Waals surface area contributed by atoms with Gasteiger partial charge in [0.05, 0.1) is 6.61 Å². The predicted octanol–water partition coefficient (Wildman–Crippen LogP) is 5.49. The first-order chi connectivity index (χ1) is 12.7. The average molecular weight is 399 g/mol. The fraction of sp³-hybridized carbons (Fsp3) is 0.667. The summed E-state index contributed by atoms with van der Waals surface area (Å²) in [5.74, 6) is 0.825. The Morgan fingerprint density at radius 2 is 1.78 bits per heavy atom. The number of rotatable bonds is 9. The lowest BCUT2D eigenvalue weighted by Crippen LogP contribution is -2.47. The number of nitrogens with zero attached hydrogens (tertiary/aromatic N) is 1. The van der Waals surface area contributed by atoms with Crippen molar-refractivity contribution in [3.63, 3.8) is 0 Å². The molecule has 0 heterocycles. The number of benzene rings is 1. The van der Waals surface area contributed by atoms with Crippen LogP contribution in [-0.4, -0.2) is 42.8 Å². The van der Waals surface area contributed by atoms with Crippen LogP contribution in [0.4, 0.5) is 10.5 Å². The van der Waals surface area contributed by atoms with Gasteiger partial charge in [-0.05, 0) is 63.0 Å². The van der Waals surface area contributed by atoms with Gasteiger partial charge in [-0.2, -0.15) is 0 Å². The summed E-state index contributed by atoms with van der Waals surface area (Å²) in [6.07, 6.45) is 6.14. The molecule has 0 aromatic heterocycles. The van der Waals surface area contributed by atoms with Crippen molar-refractivity contribution < 1.29 is 14.3 Å². The fourth-order valence-electron chi connectivity index (χ4n) is 3.58. The quantitative estimate of drug-likeness (QED) is 0.559. The first kappa shape index (κ1) is 23.6. The van der Waals surface area contributed by atoms with E-state index in [1.807, 2.05) is 24.3 Å². The number of anilines is 1. The molecule has 1 aliphatic rings. The van der Waals surface area contributed by atoms with Crippen molar-refractivity contribution in [2.24, 2.45) is 0 Å². The van der Waals surface area contributed by atoms with E-state index >= 15 is 0 Å². The van der Waals surface area contributed by atoms with Gasteiger partial charge < -0.3 is 9.47 Å². The van der Waals surface area contributed by atoms with E-state index in [1.165, 1.54) is 6.42 Å². The van der Waals surface area contributed by atoms with Crippen molar-refractivity contribution in [2.45, 2.75) is 71.4 Å². The van der Waals surface area contributed by atoms with Crippen LogP contribution in [0.5, 0.6) is 5.75 Å². The fourth-order valence-corrected chi connectivity index (χ4v) is 3.58. The average Bonchev–Trinajstić information content (AvgIpc) is 2.65. The lowest BCUT2D eigenvalue weighted by molar-refractivity contribution is 0.0125. The van der Waals surface area contributed by atoms with E-state index < -0.39 is 0 Å². The lowest BCUT2D eigenvalue weighted by Gasteiger charge is -2.38. The van der Waals surface area contributed by atoms with Crippen LogP contribution in [0.25, 0.3) is 0 Å². The smallest absolute Gasteiger partial charge is 0.411 e. The van der Waals surface area contributed by atoms with Gasteiger partial charge in [-0.3, -0.25) is 10.2 Å². The number of halogens is 1. The summed E-state index contributed by atoms with van der Waals surface area (Å²) in [5.41, 5.74) is 0.730. The molecule has 0 spiro atoms. The molecule has 2 atom stereocenters. The van der Waals surface area contributed by atoms with E-state index in [0.717, 1.165) is 63.2 Å². The second-order valence-corrected chi connectivity index (χ2v) is 6.87. The van der Waals surface area contributed by atoms with Crippen LogP contribution >= 0.6 is 12.4 Å². The zero-order valence-corrected chi connectivity index (χ0v) is 17.7. The molecular weight excluding hydrogens is 364 g/mol. The van der Waals surface area contributed by atoms with Crippen LogP contribution in [0, 0.1) is 0 Å². The SMILES string of the molecule is CCCCOc1ccc(NC(=O)O[C@@H]2CCCC[C@H]2N(CC)CC)cc1.Cl. The van der Waals surface area contributed by atoms with Crippen LogP contribution in [0.3, 0.4) is 0 Å². The molecule has 27 heavy (non-hydrogen) atoms. The number of ether oxygens (including phenoxy) is 2. The summed E-state index contributed by atoms with van der Waals surface area (Å²) in [6.45, 7) is 9.17. The summed E-state index contributed by atoms with van der Waals surface area (Å²) in [6, 6.07) is 7.80.